The lowest BCUT2D eigenvalue weighted by atomic mass is 9.84. The molecule has 82 valence electrons. The summed E-state index contributed by atoms with van der Waals surface area (Å²) in [5.41, 5.74) is 1.26. The summed E-state index contributed by atoms with van der Waals surface area (Å²) >= 11 is 0. The Hall–Kier alpha value is -1.08. The molecule has 0 saturated carbocycles. The lowest BCUT2D eigenvalue weighted by Gasteiger charge is -2.23. The van der Waals surface area contributed by atoms with Gasteiger partial charge in [-0.25, -0.2) is 0 Å². The summed E-state index contributed by atoms with van der Waals surface area (Å²) < 4.78 is 0. The molecule has 0 unspecified atom stereocenters. The molecule has 0 amide bonds. The third kappa shape index (κ3) is 3.88. The maximum atomic E-state index is 9.34. The summed E-state index contributed by atoms with van der Waals surface area (Å²) in [5, 5.41) is 9.34. The van der Waals surface area contributed by atoms with Crippen LogP contribution in [0.2, 0.25) is 0 Å². The van der Waals surface area contributed by atoms with Gasteiger partial charge in [0.2, 0.25) is 0 Å². The Morgan fingerprint density at radius 2 is 1.93 bits per heavy atom. The molecule has 1 heteroatoms. The Labute approximate surface area is 92.5 Å². The predicted molar refractivity (Wildman–Crippen MR) is 64.8 cm³/mol. The van der Waals surface area contributed by atoms with E-state index in [1.54, 1.807) is 0 Å². The van der Waals surface area contributed by atoms with Crippen LogP contribution in [0.3, 0.4) is 0 Å². The highest BCUT2D eigenvalue weighted by atomic mass is 16.3. The fraction of sp³-hybridized carbons (Fsp3) is 0.429. The minimum Gasteiger partial charge on any atom is -0.395 e. The highest BCUT2D eigenvalue weighted by Crippen LogP contribution is 2.24. The molecule has 0 saturated heterocycles. The second-order valence-corrected chi connectivity index (χ2v) is 4.30. The van der Waals surface area contributed by atoms with E-state index in [4.69, 9.17) is 0 Å². The van der Waals surface area contributed by atoms with Crippen LogP contribution in [0.4, 0.5) is 0 Å². The quantitative estimate of drug-likeness (QED) is 0.730. The van der Waals surface area contributed by atoms with Crippen molar-refractivity contribution in [3.8, 4) is 0 Å². The molecule has 0 aliphatic rings. The molecule has 1 N–H and O–H groups in total. The van der Waals surface area contributed by atoms with E-state index >= 15 is 0 Å². The van der Waals surface area contributed by atoms with Crippen LogP contribution in [-0.2, 0) is 6.42 Å². The van der Waals surface area contributed by atoms with Gasteiger partial charge in [0, 0.05) is 5.41 Å². The van der Waals surface area contributed by atoms with Gasteiger partial charge < -0.3 is 5.11 Å². The second-order valence-electron chi connectivity index (χ2n) is 4.30. The van der Waals surface area contributed by atoms with Crippen LogP contribution in [0.1, 0.15) is 25.8 Å². The smallest absolute Gasteiger partial charge is 0.0519 e. The van der Waals surface area contributed by atoms with Crippen LogP contribution in [0.15, 0.2) is 42.5 Å². The normalized spacial score (nSPS) is 15.4. The lowest BCUT2D eigenvalue weighted by Crippen LogP contribution is -2.19. The van der Waals surface area contributed by atoms with Crippen molar-refractivity contribution in [3.63, 3.8) is 0 Å². The van der Waals surface area contributed by atoms with Crippen molar-refractivity contribution in [2.75, 3.05) is 6.61 Å². The molecule has 0 aliphatic carbocycles. The third-order valence-corrected chi connectivity index (χ3v) is 2.76. The minimum absolute atomic E-state index is 0.0788. The second kappa shape index (κ2) is 5.72. The zero-order valence-corrected chi connectivity index (χ0v) is 9.61. The van der Waals surface area contributed by atoms with Gasteiger partial charge in [0.15, 0.2) is 0 Å². The lowest BCUT2D eigenvalue weighted by molar-refractivity contribution is 0.175. The first-order valence-electron chi connectivity index (χ1n) is 5.49. The van der Waals surface area contributed by atoms with E-state index in [-0.39, 0.29) is 12.0 Å². The fourth-order valence-electron chi connectivity index (χ4n) is 1.69. The van der Waals surface area contributed by atoms with Gasteiger partial charge in [0.05, 0.1) is 6.61 Å². The van der Waals surface area contributed by atoms with E-state index in [2.05, 4.69) is 37.3 Å². The monoisotopic (exact) mass is 204 g/mol. The molecule has 0 aliphatic heterocycles. The molecule has 0 spiro atoms. The summed E-state index contributed by atoms with van der Waals surface area (Å²) in [4.78, 5) is 0. The van der Waals surface area contributed by atoms with E-state index in [0.29, 0.717) is 0 Å². The van der Waals surface area contributed by atoms with Crippen molar-refractivity contribution >= 4 is 0 Å². The van der Waals surface area contributed by atoms with Crippen LogP contribution in [0, 0.1) is 5.41 Å². The third-order valence-electron chi connectivity index (χ3n) is 2.76. The Morgan fingerprint density at radius 1 is 1.27 bits per heavy atom. The van der Waals surface area contributed by atoms with Crippen molar-refractivity contribution in [3.05, 3.63) is 48.0 Å². The van der Waals surface area contributed by atoms with E-state index in [1.165, 1.54) is 5.56 Å². The van der Waals surface area contributed by atoms with Gasteiger partial charge in [-0.1, -0.05) is 49.4 Å². The minimum atomic E-state index is -0.0788. The standard InChI is InChI=1S/C14H20O/c1-3-10-14(2,12-15)11-9-13-7-5-4-6-8-13/h3-8,10,15H,9,11-12H2,1-2H3/b10-3+/t14-/m0/s1. The van der Waals surface area contributed by atoms with Crippen molar-refractivity contribution < 1.29 is 5.11 Å². The van der Waals surface area contributed by atoms with Crippen molar-refractivity contribution in [1.29, 1.82) is 0 Å². The Morgan fingerprint density at radius 3 is 2.47 bits per heavy atom. The number of benzene rings is 1. The highest BCUT2D eigenvalue weighted by Gasteiger charge is 2.18. The van der Waals surface area contributed by atoms with Gasteiger partial charge in [-0.2, -0.15) is 0 Å². The molecular weight excluding hydrogens is 184 g/mol. The van der Waals surface area contributed by atoms with E-state index in [1.807, 2.05) is 19.1 Å². The van der Waals surface area contributed by atoms with Gasteiger partial charge >= 0.3 is 0 Å². The Balaban J connectivity index is 2.55. The number of aryl methyl sites for hydroxylation is 1. The SMILES string of the molecule is C/C=C/[C@](C)(CO)CCc1ccccc1. The van der Waals surface area contributed by atoms with Crippen molar-refractivity contribution in [1.82, 2.24) is 0 Å². The summed E-state index contributed by atoms with van der Waals surface area (Å²) in [5.74, 6) is 0. The zero-order valence-electron chi connectivity index (χ0n) is 9.61. The van der Waals surface area contributed by atoms with Crippen LogP contribution in [0.5, 0.6) is 0 Å². The molecule has 15 heavy (non-hydrogen) atoms. The number of aliphatic hydroxyl groups is 1. The molecular formula is C14H20O. The molecule has 1 aromatic carbocycles. The largest absolute Gasteiger partial charge is 0.395 e. The number of hydrogen-bond donors (Lipinski definition) is 1. The summed E-state index contributed by atoms with van der Waals surface area (Å²) in [6.45, 7) is 4.30. The van der Waals surface area contributed by atoms with Gasteiger partial charge in [0.1, 0.15) is 0 Å². The average molecular weight is 204 g/mol. The average Bonchev–Trinajstić information content (AvgIpc) is 2.28. The van der Waals surface area contributed by atoms with E-state index in [0.717, 1.165) is 12.8 Å². The number of allylic oxidation sites excluding steroid dienone is 1. The molecule has 0 fully saturated rings. The molecule has 0 bridgehead atoms. The first kappa shape index (κ1) is 12.0. The predicted octanol–water partition coefficient (Wildman–Crippen LogP) is 3.19. The van der Waals surface area contributed by atoms with Crippen LogP contribution < -0.4 is 0 Å². The number of rotatable bonds is 5. The first-order chi connectivity index (χ1) is 7.20. The van der Waals surface area contributed by atoms with Crippen LogP contribution in [0.25, 0.3) is 0 Å². The maximum Gasteiger partial charge on any atom is 0.0519 e. The maximum absolute atomic E-state index is 9.34. The van der Waals surface area contributed by atoms with Gasteiger partial charge in [-0.15, -0.1) is 0 Å². The number of hydrogen-bond acceptors (Lipinski definition) is 1. The highest BCUT2D eigenvalue weighted by molar-refractivity contribution is 5.15. The van der Waals surface area contributed by atoms with Crippen molar-refractivity contribution in [2.24, 2.45) is 5.41 Å². The fourth-order valence-corrected chi connectivity index (χ4v) is 1.69. The molecule has 0 aromatic heterocycles. The Kier molecular flexibility index (Phi) is 4.57. The topological polar surface area (TPSA) is 20.2 Å². The summed E-state index contributed by atoms with van der Waals surface area (Å²) in [6, 6.07) is 10.4. The molecule has 0 radical (unpaired) electrons. The molecule has 0 heterocycles. The van der Waals surface area contributed by atoms with Crippen LogP contribution >= 0.6 is 0 Å². The van der Waals surface area contributed by atoms with Crippen LogP contribution in [-0.4, -0.2) is 11.7 Å². The molecule has 1 rings (SSSR count). The van der Waals surface area contributed by atoms with Crippen molar-refractivity contribution in [2.45, 2.75) is 26.7 Å². The summed E-state index contributed by atoms with van der Waals surface area (Å²) in [6.07, 6.45) is 6.11. The van der Waals surface area contributed by atoms with Gasteiger partial charge in [-0.3, -0.25) is 0 Å². The molecule has 1 nitrogen and oxygen atoms in total. The first-order valence-corrected chi connectivity index (χ1v) is 5.49. The Bertz CT molecular complexity index is 302. The zero-order chi connectivity index (χ0) is 11.1. The van der Waals surface area contributed by atoms with E-state index in [9.17, 15) is 5.11 Å². The van der Waals surface area contributed by atoms with Gasteiger partial charge in [0.25, 0.3) is 0 Å². The molecule has 1 aromatic rings. The summed E-state index contributed by atoms with van der Waals surface area (Å²) in [7, 11) is 0. The van der Waals surface area contributed by atoms with E-state index < -0.39 is 0 Å². The van der Waals surface area contributed by atoms with Gasteiger partial charge in [-0.05, 0) is 25.3 Å². The number of aliphatic hydroxyl groups excluding tert-OH is 1. The molecule has 1 atom stereocenters.